The highest BCUT2D eigenvalue weighted by molar-refractivity contribution is 5.01. The van der Waals surface area contributed by atoms with Crippen LogP contribution in [0.25, 0.3) is 0 Å². The van der Waals surface area contributed by atoms with Gasteiger partial charge in [-0.3, -0.25) is 4.68 Å². The van der Waals surface area contributed by atoms with Crippen LogP contribution in [0, 0.1) is 0 Å². The van der Waals surface area contributed by atoms with E-state index in [1.165, 1.54) is 0 Å². The summed E-state index contributed by atoms with van der Waals surface area (Å²) in [5.41, 5.74) is 0.996. The van der Waals surface area contributed by atoms with E-state index in [0.717, 1.165) is 18.7 Å². The van der Waals surface area contributed by atoms with Crippen molar-refractivity contribution in [2.45, 2.75) is 32.2 Å². The number of aromatic nitrogens is 2. The highest BCUT2D eigenvalue weighted by Gasteiger charge is 2.28. The summed E-state index contributed by atoms with van der Waals surface area (Å²) < 4.78 is 13.3. The minimum absolute atomic E-state index is 0.0966. The van der Waals surface area contributed by atoms with Crippen molar-refractivity contribution >= 4 is 0 Å². The van der Waals surface area contributed by atoms with Gasteiger partial charge in [-0.1, -0.05) is 0 Å². The Hall–Kier alpha value is -0.910. The third kappa shape index (κ3) is 3.80. The van der Waals surface area contributed by atoms with Crippen molar-refractivity contribution in [3.63, 3.8) is 0 Å². The number of hydrogen-bond donors (Lipinski definition) is 1. The maximum Gasteiger partial charge on any atom is 0.0940 e. The molecule has 0 amide bonds. The van der Waals surface area contributed by atoms with Gasteiger partial charge in [-0.25, -0.2) is 0 Å². The maximum atomic E-state index is 5.91. The zero-order valence-electron chi connectivity index (χ0n) is 10.8. The Morgan fingerprint density at radius 2 is 2.47 bits per heavy atom. The number of aryl methyl sites for hydroxylation is 1. The fraction of sp³-hybridized carbons (Fsp3) is 0.750. The van der Waals surface area contributed by atoms with Gasteiger partial charge in [-0.05, 0) is 13.8 Å². The van der Waals surface area contributed by atoms with Crippen molar-refractivity contribution in [2.75, 3.05) is 19.7 Å². The standard InChI is InChI=1S/C12H21N3O2/c1-12(2)9-13-5-11(17-12)8-16-7-10-4-14-15(3)6-10/h4,6,11,13H,5,7-9H2,1-3H3. The van der Waals surface area contributed by atoms with Crippen LogP contribution in [0.15, 0.2) is 12.4 Å². The maximum absolute atomic E-state index is 5.91. The largest absolute Gasteiger partial charge is 0.374 e. The molecular weight excluding hydrogens is 218 g/mol. The summed E-state index contributed by atoms with van der Waals surface area (Å²) in [5.74, 6) is 0. The van der Waals surface area contributed by atoms with E-state index in [9.17, 15) is 0 Å². The molecule has 0 aromatic carbocycles. The Labute approximate surface area is 102 Å². The van der Waals surface area contributed by atoms with Gasteiger partial charge in [0.25, 0.3) is 0 Å². The first kappa shape index (κ1) is 12.5. The van der Waals surface area contributed by atoms with Gasteiger partial charge >= 0.3 is 0 Å². The number of morpholine rings is 1. The lowest BCUT2D eigenvalue weighted by atomic mass is 10.1. The quantitative estimate of drug-likeness (QED) is 0.840. The van der Waals surface area contributed by atoms with Crippen LogP contribution >= 0.6 is 0 Å². The second kappa shape index (κ2) is 5.16. The number of ether oxygens (including phenoxy) is 2. The molecule has 1 aliphatic rings. The molecule has 1 fully saturated rings. The minimum atomic E-state index is -0.0966. The number of nitrogens with one attached hydrogen (secondary N) is 1. The SMILES string of the molecule is Cn1cc(COCC2CNCC(C)(C)O2)cn1. The first-order chi connectivity index (χ1) is 8.05. The predicted octanol–water partition coefficient (Wildman–Crippen LogP) is 0.704. The fourth-order valence-electron chi connectivity index (χ4n) is 2.02. The van der Waals surface area contributed by atoms with Gasteiger partial charge in [0.1, 0.15) is 0 Å². The molecule has 5 nitrogen and oxygen atoms in total. The van der Waals surface area contributed by atoms with Gasteiger partial charge in [0.2, 0.25) is 0 Å². The van der Waals surface area contributed by atoms with E-state index in [-0.39, 0.29) is 11.7 Å². The minimum Gasteiger partial charge on any atom is -0.374 e. The third-order valence-electron chi connectivity index (χ3n) is 2.74. The second-order valence-electron chi connectivity index (χ2n) is 5.17. The molecule has 2 heterocycles. The molecule has 1 saturated heterocycles. The van der Waals surface area contributed by atoms with Crippen LogP contribution in [0.4, 0.5) is 0 Å². The van der Waals surface area contributed by atoms with Crippen molar-refractivity contribution in [3.05, 3.63) is 18.0 Å². The lowest BCUT2D eigenvalue weighted by Crippen LogP contribution is -2.51. The predicted molar refractivity (Wildman–Crippen MR) is 64.7 cm³/mol. The zero-order chi connectivity index (χ0) is 12.3. The molecule has 2 rings (SSSR count). The molecule has 0 aliphatic carbocycles. The lowest BCUT2D eigenvalue weighted by Gasteiger charge is -2.36. The van der Waals surface area contributed by atoms with Gasteiger partial charge in [0.05, 0.1) is 31.1 Å². The molecular formula is C12H21N3O2. The van der Waals surface area contributed by atoms with Crippen LogP contribution in [-0.4, -0.2) is 41.2 Å². The molecule has 1 aromatic heterocycles. The Balaban J connectivity index is 1.71. The molecule has 1 N–H and O–H groups in total. The molecule has 0 spiro atoms. The number of hydrogen-bond acceptors (Lipinski definition) is 4. The number of nitrogens with zero attached hydrogens (tertiary/aromatic N) is 2. The van der Waals surface area contributed by atoms with E-state index >= 15 is 0 Å². The monoisotopic (exact) mass is 239 g/mol. The summed E-state index contributed by atoms with van der Waals surface area (Å²) in [7, 11) is 1.90. The number of rotatable bonds is 4. The van der Waals surface area contributed by atoms with E-state index in [1.54, 1.807) is 4.68 Å². The Morgan fingerprint density at radius 1 is 1.65 bits per heavy atom. The van der Waals surface area contributed by atoms with E-state index in [2.05, 4.69) is 24.3 Å². The molecule has 5 heteroatoms. The van der Waals surface area contributed by atoms with Crippen LogP contribution in [-0.2, 0) is 23.1 Å². The van der Waals surface area contributed by atoms with Gasteiger partial charge in [0, 0.05) is 31.9 Å². The summed E-state index contributed by atoms with van der Waals surface area (Å²) >= 11 is 0. The van der Waals surface area contributed by atoms with Crippen molar-refractivity contribution in [3.8, 4) is 0 Å². The van der Waals surface area contributed by atoms with Crippen LogP contribution in [0.1, 0.15) is 19.4 Å². The molecule has 1 unspecified atom stereocenters. The second-order valence-corrected chi connectivity index (χ2v) is 5.17. The fourth-order valence-corrected chi connectivity index (χ4v) is 2.02. The highest BCUT2D eigenvalue weighted by Crippen LogP contribution is 2.15. The first-order valence-corrected chi connectivity index (χ1v) is 5.99. The normalized spacial score (nSPS) is 23.8. The van der Waals surface area contributed by atoms with Gasteiger partial charge in [0.15, 0.2) is 0 Å². The lowest BCUT2D eigenvalue weighted by molar-refractivity contribution is -0.122. The Morgan fingerprint density at radius 3 is 3.12 bits per heavy atom. The van der Waals surface area contributed by atoms with E-state index in [4.69, 9.17) is 9.47 Å². The summed E-state index contributed by atoms with van der Waals surface area (Å²) in [6, 6.07) is 0. The van der Waals surface area contributed by atoms with Crippen LogP contribution in [0.5, 0.6) is 0 Å². The van der Waals surface area contributed by atoms with Crippen LogP contribution in [0.3, 0.4) is 0 Å². The zero-order valence-corrected chi connectivity index (χ0v) is 10.8. The van der Waals surface area contributed by atoms with E-state index in [1.807, 2.05) is 19.4 Å². The third-order valence-corrected chi connectivity index (χ3v) is 2.74. The topological polar surface area (TPSA) is 48.3 Å². The molecule has 1 atom stereocenters. The molecule has 0 radical (unpaired) electrons. The molecule has 0 saturated carbocycles. The summed E-state index contributed by atoms with van der Waals surface area (Å²) in [6.45, 7) is 7.14. The molecule has 1 aliphatic heterocycles. The van der Waals surface area contributed by atoms with Crippen molar-refractivity contribution in [2.24, 2.45) is 7.05 Å². The smallest absolute Gasteiger partial charge is 0.0940 e. The average Bonchev–Trinajstić information content (AvgIpc) is 2.63. The molecule has 1 aromatic rings. The first-order valence-electron chi connectivity index (χ1n) is 5.99. The van der Waals surface area contributed by atoms with Crippen LogP contribution < -0.4 is 5.32 Å². The van der Waals surface area contributed by atoms with E-state index in [0.29, 0.717) is 13.2 Å². The summed E-state index contributed by atoms with van der Waals surface area (Å²) in [5, 5.41) is 7.45. The van der Waals surface area contributed by atoms with Crippen LogP contribution in [0.2, 0.25) is 0 Å². The summed E-state index contributed by atoms with van der Waals surface area (Å²) in [4.78, 5) is 0. The molecule has 96 valence electrons. The Kier molecular flexibility index (Phi) is 3.81. The van der Waals surface area contributed by atoms with Gasteiger partial charge in [-0.15, -0.1) is 0 Å². The summed E-state index contributed by atoms with van der Waals surface area (Å²) in [6.07, 6.45) is 3.92. The van der Waals surface area contributed by atoms with Crippen molar-refractivity contribution in [1.82, 2.24) is 15.1 Å². The molecule has 17 heavy (non-hydrogen) atoms. The van der Waals surface area contributed by atoms with Crippen molar-refractivity contribution < 1.29 is 9.47 Å². The average molecular weight is 239 g/mol. The van der Waals surface area contributed by atoms with E-state index < -0.39 is 0 Å². The van der Waals surface area contributed by atoms with Crippen molar-refractivity contribution in [1.29, 1.82) is 0 Å². The highest BCUT2D eigenvalue weighted by atomic mass is 16.5. The van der Waals surface area contributed by atoms with Gasteiger partial charge in [-0.2, -0.15) is 5.10 Å². The Bertz CT molecular complexity index is 362. The molecule has 0 bridgehead atoms. The van der Waals surface area contributed by atoms with Gasteiger partial charge < -0.3 is 14.8 Å².